The summed E-state index contributed by atoms with van der Waals surface area (Å²) < 4.78 is 12.8. The SMILES string of the molecule is O=C(Nc1cccc(F)n1)c1ccc([N+](=O)[O-])[nH]1. The fourth-order valence-corrected chi connectivity index (χ4v) is 1.28. The normalized spacial score (nSPS) is 10.1. The van der Waals surface area contributed by atoms with Crippen LogP contribution < -0.4 is 5.32 Å². The molecule has 92 valence electrons. The highest BCUT2D eigenvalue weighted by Gasteiger charge is 2.15. The van der Waals surface area contributed by atoms with Crippen molar-refractivity contribution in [2.45, 2.75) is 0 Å². The van der Waals surface area contributed by atoms with Crippen LogP contribution in [0.15, 0.2) is 30.3 Å². The van der Waals surface area contributed by atoms with Crippen molar-refractivity contribution in [2.75, 3.05) is 5.32 Å². The average Bonchev–Trinajstić information content (AvgIpc) is 2.78. The van der Waals surface area contributed by atoms with Gasteiger partial charge in [0.05, 0.1) is 0 Å². The number of hydrogen-bond donors (Lipinski definition) is 2. The predicted molar refractivity (Wildman–Crippen MR) is 59.6 cm³/mol. The van der Waals surface area contributed by atoms with Gasteiger partial charge in [-0.1, -0.05) is 6.07 Å². The Labute approximate surface area is 99.8 Å². The number of carbonyl (C=O) groups excluding carboxylic acids is 1. The lowest BCUT2D eigenvalue weighted by Crippen LogP contribution is -2.13. The summed E-state index contributed by atoms with van der Waals surface area (Å²) in [5.41, 5.74) is -0.00670. The van der Waals surface area contributed by atoms with Crippen molar-refractivity contribution < 1.29 is 14.1 Å². The molecule has 0 unspecified atom stereocenters. The van der Waals surface area contributed by atoms with E-state index < -0.39 is 16.8 Å². The Morgan fingerprint density at radius 2 is 2.17 bits per heavy atom. The molecule has 0 aromatic carbocycles. The smallest absolute Gasteiger partial charge is 0.321 e. The molecule has 0 aliphatic carbocycles. The maximum absolute atomic E-state index is 12.8. The Morgan fingerprint density at radius 1 is 1.39 bits per heavy atom. The van der Waals surface area contributed by atoms with Crippen LogP contribution in [0.4, 0.5) is 16.0 Å². The number of H-pyrrole nitrogens is 1. The third-order valence-corrected chi connectivity index (χ3v) is 2.07. The second-order valence-corrected chi connectivity index (χ2v) is 3.31. The molecule has 2 heterocycles. The Morgan fingerprint density at radius 3 is 2.78 bits per heavy atom. The van der Waals surface area contributed by atoms with E-state index in [1.54, 1.807) is 0 Å². The molecule has 2 aromatic heterocycles. The van der Waals surface area contributed by atoms with Crippen LogP contribution in [0.3, 0.4) is 0 Å². The maximum atomic E-state index is 12.8. The highest BCUT2D eigenvalue weighted by atomic mass is 19.1. The molecule has 0 bridgehead atoms. The summed E-state index contributed by atoms with van der Waals surface area (Å²) in [4.78, 5) is 27.1. The van der Waals surface area contributed by atoms with Crippen molar-refractivity contribution in [3.8, 4) is 0 Å². The Bertz CT molecular complexity index is 611. The molecule has 0 atom stereocenters. The average molecular weight is 250 g/mol. The van der Waals surface area contributed by atoms with Gasteiger partial charge in [-0.05, 0) is 23.1 Å². The minimum absolute atomic E-state index is 0.00670. The zero-order chi connectivity index (χ0) is 13.1. The first-order valence-corrected chi connectivity index (χ1v) is 4.83. The first-order chi connectivity index (χ1) is 8.56. The third-order valence-electron chi connectivity index (χ3n) is 2.07. The zero-order valence-corrected chi connectivity index (χ0v) is 8.88. The lowest BCUT2D eigenvalue weighted by atomic mass is 10.4. The molecule has 0 spiro atoms. The molecular formula is C10H7FN4O3. The molecule has 0 radical (unpaired) electrons. The highest BCUT2D eigenvalue weighted by molar-refractivity contribution is 6.02. The molecule has 0 aliphatic heterocycles. The minimum atomic E-state index is -0.731. The van der Waals surface area contributed by atoms with Gasteiger partial charge in [-0.2, -0.15) is 4.39 Å². The van der Waals surface area contributed by atoms with Crippen molar-refractivity contribution in [1.82, 2.24) is 9.97 Å². The van der Waals surface area contributed by atoms with Gasteiger partial charge < -0.3 is 15.4 Å². The quantitative estimate of drug-likeness (QED) is 0.491. The lowest BCUT2D eigenvalue weighted by Gasteiger charge is -2.00. The summed E-state index contributed by atoms with van der Waals surface area (Å²) in [6, 6.07) is 6.34. The minimum Gasteiger partial charge on any atom is -0.358 e. The molecule has 0 aliphatic rings. The number of nitrogens with one attached hydrogen (secondary N) is 2. The van der Waals surface area contributed by atoms with Crippen LogP contribution in [0, 0.1) is 16.1 Å². The second kappa shape index (κ2) is 4.62. The number of halogens is 1. The predicted octanol–water partition coefficient (Wildman–Crippen LogP) is 1.71. The van der Waals surface area contributed by atoms with Gasteiger partial charge >= 0.3 is 5.82 Å². The van der Waals surface area contributed by atoms with E-state index in [9.17, 15) is 19.3 Å². The number of carbonyl (C=O) groups is 1. The number of nitro groups is 1. The van der Waals surface area contributed by atoms with Crippen LogP contribution in [-0.4, -0.2) is 20.8 Å². The van der Waals surface area contributed by atoms with E-state index in [1.807, 2.05) is 0 Å². The molecule has 8 heteroatoms. The highest BCUT2D eigenvalue weighted by Crippen LogP contribution is 2.11. The summed E-state index contributed by atoms with van der Waals surface area (Å²) in [7, 11) is 0. The van der Waals surface area contributed by atoms with E-state index >= 15 is 0 Å². The van der Waals surface area contributed by atoms with E-state index in [4.69, 9.17) is 0 Å². The van der Waals surface area contributed by atoms with Crippen molar-refractivity contribution in [1.29, 1.82) is 0 Å². The monoisotopic (exact) mass is 250 g/mol. The fourth-order valence-electron chi connectivity index (χ4n) is 1.28. The molecule has 0 fully saturated rings. The lowest BCUT2D eigenvalue weighted by molar-refractivity contribution is -0.389. The van der Waals surface area contributed by atoms with Gasteiger partial charge in [0.2, 0.25) is 5.95 Å². The van der Waals surface area contributed by atoms with Crippen molar-refractivity contribution in [3.63, 3.8) is 0 Å². The topological polar surface area (TPSA) is 101 Å². The summed E-state index contributed by atoms with van der Waals surface area (Å²) >= 11 is 0. The van der Waals surface area contributed by atoms with Gasteiger partial charge in [-0.3, -0.25) is 4.79 Å². The summed E-state index contributed by atoms with van der Waals surface area (Å²) in [6.07, 6.45) is 0. The fraction of sp³-hybridized carbons (Fsp3) is 0. The number of pyridine rings is 1. The van der Waals surface area contributed by atoms with Crippen LogP contribution in [0.2, 0.25) is 0 Å². The van der Waals surface area contributed by atoms with Crippen LogP contribution in [0.5, 0.6) is 0 Å². The van der Waals surface area contributed by atoms with E-state index in [-0.39, 0.29) is 17.3 Å². The van der Waals surface area contributed by atoms with Gasteiger partial charge in [0.15, 0.2) is 5.69 Å². The van der Waals surface area contributed by atoms with Crippen LogP contribution in [0.25, 0.3) is 0 Å². The van der Waals surface area contributed by atoms with Gasteiger partial charge in [0.25, 0.3) is 5.91 Å². The molecule has 2 N–H and O–H groups in total. The van der Waals surface area contributed by atoms with Crippen LogP contribution in [0.1, 0.15) is 10.5 Å². The summed E-state index contributed by atoms with van der Waals surface area (Å²) in [5, 5.41) is 12.7. The number of aromatic nitrogens is 2. The number of aromatic amines is 1. The number of hydrogen-bond acceptors (Lipinski definition) is 4. The molecule has 18 heavy (non-hydrogen) atoms. The second-order valence-electron chi connectivity index (χ2n) is 3.31. The largest absolute Gasteiger partial charge is 0.358 e. The first-order valence-electron chi connectivity index (χ1n) is 4.83. The maximum Gasteiger partial charge on any atom is 0.321 e. The van der Waals surface area contributed by atoms with Gasteiger partial charge in [0, 0.05) is 6.07 Å². The van der Waals surface area contributed by atoms with Crippen LogP contribution in [-0.2, 0) is 0 Å². The molecule has 0 saturated carbocycles. The third kappa shape index (κ3) is 2.48. The van der Waals surface area contributed by atoms with E-state index in [2.05, 4.69) is 15.3 Å². The zero-order valence-electron chi connectivity index (χ0n) is 8.88. The first kappa shape index (κ1) is 11.7. The van der Waals surface area contributed by atoms with Crippen LogP contribution >= 0.6 is 0 Å². The van der Waals surface area contributed by atoms with Crippen molar-refractivity contribution in [2.24, 2.45) is 0 Å². The van der Waals surface area contributed by atoms with Gasteiger partial charge in [-0.25, -0.2) is 9.97 Å². The summed E-state index contributed by atoms with van der Waals surface area (Å²) in [5.74, 6) is -1.64. The van der Waals surface area contributed by atoms with E-state index in [0.717, 1.165) is 12.1 Å². The number of amides is 1. The molecule has 1 amide bonds. The Balaban J connectivity index is 2.14. The molecule has 7 nitrogen and oxygen atoms in total. The molecule has 2 aromatic rings. The molecule has 2 rings (SSSR count). The summed E-state index contributed by atoms with van der Waals surface area (Å²) in [6.45, 7) is 0. The molecular weight excluding hydrogens is 243 g/mol. The molecule has 0 saturated heterocycles. The van der Waals surface area contributed by atoms with Gasteiger partial charge in [-0.15, -0.1) is 0 Å². The Kier molecular flexibility index (Phi) is 3.00. The number of nitrogens with zero attached hydrogens (tertiary/aromatic N) is 2. The van der Waals surface area contributed by atoms with Gasteiger partial charge in [0.1, 0.15) is 5.82 Å². The Hall–Kier alpha value is -2.77. The number of rotatable bonds is 3. The van der Waals surface area contributed by atoms with E-state index in [0.29, 0.717) is 0 Å². The number of anilines is 1. The van der Waals surface area contributed by atoms with Crippen molar-refractivity contribution in [3.05, 3.63) is 52.1 Å². The van der Waals surface area contributed by atoms with Crippen molar-refractivity contribution >= 4 is 17.5 Å². The standard InChI is InChI=1S/C10H7FN4O3/c11-7-2-1-3-8(13-7)14-10(16)6-4-5-9(12-6)15(17)18/h1-5,12H,(H,13,14,16). The van der Waals surface area contributed by atoms with E-state index in [1.165, 1.54) is 18.2 Å².